The maximum absolute atomic E-state index is 11.1. The molecule has 1 N–H and O–H groups in total. The largest absolute Gasteiger partial charge is 0.493 e. The molecule has 1 aromatic rings. The van der Waals surface area contributed by atoms with Gasteiger partial charge in [-0.2, -0.15) is 0 Å². The lowest BCUT2D eigenvalue weighted by Crippen LogP contribution is -2.45. The van der Waals surface area contributed by atoms with Gasteiger partial charge in [0.1, 0.15) is 6.10 Å². The van der Waals surface area contributed by atoms with E-state index >= 15 is 0 Å². The van der Waals surface area contributed by atoms with E-state index in [1.165, 1.54) is 7.11 Å². The maximum Gasteiger partial charge on any atom is 0.161 e. The van der Waals surface area contributed by atoms with Crippen molar-refractivity contribution in [3.05, 3.63) is 23.8 Å². The first kappa shape index (κ1) is 12.7. The first-order valence-corrected chi connectivity index (χ1v) is 8.02. The number of benzene rings is 1. The minimum Gasteiger partial charge on any atom is -0.493 e. The zero-order valence-electron chi connectivity index (χ0n) is 10.6. The molecule has 1 aliphatic heterocycles. The normalized spacial score (nSPS) is 23.5. The van der Waals surface area contributed by atoms with Gasteiger partial charge in [0, 0.05) is 0 Å². The third-order valence-corrected chi connectivity index (χ3v) is 5.36. The van der Waals surface area contributed by atoms with Crippen LogP contribution in [0.1, 0.15) is 18.4 Å². The highest BCUT2D eigenvalue weighted by Gasteiger charge is 2.42. The van der Waals surface area contributed by atoms with Crippen molar-refractivity contribution in [2.75, 3.05) is 18.6 Å². The summed E-state index contributed by atoms with van der Waals surface area (Å²) in [5, 5.41) is 10.0. The quantitative estimate of drug-likeness (QED) is 0.887. The molecule has 0 aromatic heterocycles. The van der Waals surface area contributed by atoms with Gasteiger partial charge in [-0.15, -0.1) is 0 Å². The Balaban J connectivity index is 1.78. The van der Waals surface area contributed by atoms with E-state index in [-0.39, 0.29) is 17.6 Å². The second-order valence-corrected chi connectivity index (χ2v) is 7.37. The van der Waals surface area contributed by atoms with Crippen LogP contribution in [0.4, 0.5) is 0 Å². The highest BCUT2D eigenvalue weighted by molar-refractivity contribution is 7.92. The Hall–Kier alpha value is -1.27. The van der Waals surface area contributed by atoms with E-state index in [1.54, 1.807) is 18.2 Å². The Morgan fingerprint density at radius 1 is 1.26 bits per heavy atom. The predicted molar refractivity (Wildman–Crippen MR) is 69.2 cm³/mol. The highest BCUT2D eigenvalue weighted by Crippen LogP contribution is 2.47. The van der Waals surface area contributed by atoms with Gasteiger partial charge in [-0.05, 0) is 30.5 Å². The second kappa shape index (κ2) is 4.11. The molecule has 0 unspecified atom stereocenters. The predicted octanol–water partition coefficient (Wildman–Crippen LogP) is 0.852. The Morgan fingerprint density at radius 3 is 2.47 bits per heavy atom. The van der Waals surface area contributed by atoms with Crippen molar-refractivity contribution in [2.24, 2.45) is 0 Å². The molecular weight excluding hydrogens is 268 g/mol. The summed E-state index contributed by atoms with van der Waals surface area (Å²) in [6, 6.07) is 5.29. The van der Waals surface area contributed by atoms with Gasteiger partial charge in [0.2, 0.25) is 0 Å². The van der Waals surface area contributed by atoms with E-state index in [2.05, 4.69) is 0 Å². The van der Waals surface area contributed by atoms with Gasteiger partial charge in [0.25, 0.3) is 0 Å². The average Bonchev–Trinajstić information content (AvgIpc) is 3.06. The number of ether oxygens (including phenoxy) is 2. The molecule has 1 saturated heterocycles. The van der Waals surface area contributed by atoms with Crippen LogP contribution in [0, 0.1) is 0 Å². The van der Waals surface area contributed by atoms with Gasteiger partial charge in [-0.25, -0.2) is 8.42 Å². The zero-order valence-corrected chi connectivity index (χ0v) is 11.4. The Labute approximate surface area is 112 Å². The fourth-order valence-electron chi connectivity index (χ4n) is 2.23. The molecule has 1 aromatic carbocycles. The molecule has 2 fully saturated rings. The van der Waals surface area contributed by atoms with E-state index in [9.17, 15) is 13.5 Å². The number of methoxy groups -OCH3 is 1. The standard InChI is InChI=1S/C13H16O5S/c1-17-12-6-9(13(14)4-5-13)2-3-11(12)18-10-7-19(15,16)8-10/h2-3,6,10,14H,4-5,7-8H2,1H3. The molecule has 0 bridgehead atoms. The van der Waals surface area contributed by atoms with Gasteiger partial charge >= 0.3 is 0 Å². The summed E-state index contributed by atoms with van der Waals surface area (Å²) in [6.07, 6.45) is 1.22. The van der Waals surface area contributed by atoms with Crippen LogP contribution >= 0.6 is 0 Å². The molecule has 0 spiro atoms. The third kappa shape index (κ3) is 2.42. The van der Waals surface area contributed by atoms with Crippen molar-refractivity contribution in [3.8, 4) is 11.5 Å². The molecule has 0 atom stereocenters. The Morgan fingerprint density at radius 2 is 1.95 bits per heavy atom. The minimum absolute atomic E-state index is 0.0574. The van der Waals surface area contributed by atoms with Crippen molar-refractivity contribution in [1.29, 1.82) is 0 Å². The minimum atomic E-state index is -2.90. The van der Waals surface area contributed by atoms with E-state index < -0.39 is 15.4 Å². The Kier molecular flexibility index (Phi) is 2.76. The molecule has 3 rings (SSSR count). The van der Waals surface area contributed by atoms with E-state index in [1.807, 2.05) is 0 Å². The van der Waals surface area contributed by atoms with Crippen LogP contribution in [0.3, 0.4) is 0 Å². The average molecular weight is 284 g/mol. The first-order chi connectivity index (χ1) is 8.92. The summed E-state index contributed by atoms with van der Waals surface area (Å²) >= 11 is 0. The lowest BCUT2D eigenvalue weighted by Gasteiger charge is -2.27. The number of sulfone groups is 1. The molecule has 6 heteroatoms. The number of hydrogen-bond acceptors (Lipinski definition) is 5. The summed E-state index contributed by atoms with van der Waals surface area (Å²) in [5.74, 6) is 1.17. The topological polar surface area (TPSA) is 72.8 Å². The van der Waals surface area contributed by atoms with Crippen molar-refractivity contribution in [1.82, 2.24) is 0 Å². The zero-order chi connectivity index (χ0) is 13.7. The summed E-state index contributed by atoms with van der Waals surface area (Å²) in [4.78, 5) is 0. The Bertz CT molecular complexity index is 591. The molecule has 104 valence electrons. The molecule has 0 radical (unpaired) electrons. The van der Waals surface area contributed by atoms with Crippen LogP contribution in [-0.4, -0.2) is 38.2 Å². The monoisotopic (exact) mass is 284 g/mol. The molecule has 1 aliphatic carbocycles. The van der Waals surface area contributed by atoms with E-state index in [4.69, 9.17) is 9.47 Å². The number of hydrogen-bond donors (Lipinski definition) is 1. The smallest absolute Gasteiger partial charge is 0.161 e. The van der Waals surface area contributed by atoms with Crippen molar-refractivity contribution in [3.63, 3.8) is 0 Å². The van der Waals surface area contributed by atoms with Crippen molar-refractivity contribution in [2.45, 2.75) is 24.5 Å². The number of aliphatic hydroxyl groups is 1. The van der Waals surface area contributed by atoms with Crippen LogP contribution in [0.5, 0.6) is 11.5 Å². The molecule has 1 saturated carbocycles. The van der Waals surface area contributed by atoms with Gasteiger partial charge in [-0.3, -0.25) is 0 Å². The SMILES string of the molecule is COc1cc(C2(O)CC2)ccc1OC1CS(=O)(=O)C1. The molecular formula is C13H16O5S. The molecule has 2 aliphatic rings. The van der Waals surface area contributed by atoms with Crippen molar-refractivity contribution < 1.29 is 23.0 Å². The van der Waals surface area contributed by atoms with Gasteiger partial charge in [0.15, 0.2) is 21.3 Å². The highest BCUT2D eigenvalue weighted by atomic mass is 32.2. The third-order valence-electron chi connectivity index (χ3n) is 3.60. The van der Waals surface area contributed by atoms with Crippen LogP contribution in [0.2, 0.25) is 0 Å². The number of rotatable bonds is 4. The van der Waals surface area contributed by atoms with Gasteiger partial charge in [0.05, 0.1) is 24.2 Å². The molecule has 19 heavy (non-hydrogen) atoms. The fraction of sp³-hybridized carbons (Fsp3) is 0.538. The molecule has 5 nitrogen and oxygen atoms in total. The fourth-order valence-corrected chi connectivity index (χ4v) is 3.40. The van der Waals surface area contributed by atoms with E-state index in [0.29, 0.717) is 11.5 Å². The van der Waals surface area contributed by atoms with Gasteiger partial charge < -0.3 is 14.6 Å². The van der Waals surface area contributed by atoms with Crippen LogP contribution in [-0.2, 0) is 15.4 Å². The lowest BCUT2D eigenvalue weighted by molar-refractivity contribution is 0.150. The second-order valence-electron chi connectivity index (χ2n) is 5.21. The van der Waals surface area contributed by atoms with Crippen molar-refractivity contribution >= 4 is 9.84 Å². The maximum atomic E-state index is 11.1. The lowest BCUT2D eigenvalue weighted by atomic mass is 10.1. The molecule has 0 amide bonds. The summed E-state index contributed by atoms with van der Waals surface area (Å²) in [7, 11) is -1.37. The van der Waals surface area contributed by atoms with Crippen LogP contribution < -0.4 is 9.47 Å². The van der Waals surface area contributed by atoms with E-state index in [0.717, 1.165) is 18.4 Å². The summed E-state index contributed by atoms with van der Waals surface area (Å²) in [5.41, 5.74) is 0.101. The summed E-state index contributed by atoms with van der Waals surface area (Å²) in [6.45, 7) is 0. The first-order valence-electron chi connectivity index (χ1n) is 6.20. The molecule has 1 heterocycles. The van der Waals surface area contributed by atoms with Crippen LogP contribution in [0.25, 0.3) is 0 Å². The van der Waals surface area contributed by atoms with Gasteiger partial charge in [-0.1, -0.05) is 6.07 Å². The van der Waals surface area contributed by atoms with Crippen LogP contribution in [0.15, 0.2) is 18.2 Å². The summed E-state index contributed by atoms with van der Waals surface area (Å²) < 4.78 is 33.0.